The first-order valence-corrected chi connectivity index (χ1v) is 9.89. The zero-order valence-corrected chi connectivity index (χ0v) is 15.8. The maximum atomic E-state index is 6.40. The van der Waals surface area contributed by atoms with Crippen molar-refractivity contribution in [3.8, 4) is 0 Å². The van der Waals surface area contributed by atoms with Gasteiger partial charge in [0.05, 0.1) is 22.9 Å². The van der Waals surface area contributed by atoms with E-state index < -0.39 is 0 Å². The van der Waals surface area contributed by atoms with Crippen molar-refractivity contribution >= 4 is 52.2 Å². The highest BCUT2D eigenvalue weighted by atomic mass is 35.5. The summed E-state index contributed by atoms with van der Waals surface area (Å²) in [6, 6.07) is 13.7. The molecule has 0 aromatic heterocycles. The van der Waals surface area contributed by atoms with E-state index in [2.05, 4.69) is 22.1 Å². The molecule has 2 aromatic rings. The summed E-state index contributed by atoms with van der Waals surface area (Å²) in [6.45, 7) is 0.573. The molecule has 1 atom stereocenters. The van der Waals surface area contributed by atoms with Gasteiger partial charge in [-0.2, -0.15) is 0 Å². The molecule has 1 unspecified atom stereocenters. The van der Waals surface area contributed by atoms with Crippen molar-refractivity contribution in [3.63, 3.8) is 0 Å². The fourth-order valence-corrected chi connectivity index (χ4v) is 4.44. The maximum Gasteiger partial charge on any atom is 0.131 e. The summed E-state index contributed by atoms with van der Waals surface area (Å²) in [7, 11) is 0. The number of aliphatic imine (C=N–C) groups is 1. The van der Waals surface area contributed by atoms with Crippen molar-refractivity contribution in [2.75, 3.05) is 16.4 Å². The minimum Gasteiger partial charge on any atom is -0.367 e. The van der Waals surface area contributed by atoms with E-state index in [4.69, 9.17) is 28.2 Å². The topological polar surface area (TPSA) is 36.4 Å². The molecule has 0 saturated heterocycles. The lowest BCUT2D eigenvalue weighted by atomic mass is 9.90. The van der Waals surface area contributed by atoms with Gasteiger partial charge >= 0.3 is 0 Å². The SMILES string of the molecule is Clc1cccc(CN=C2Nc3cccc(Cl)c3NC23C=CSCC3)c1. The van der Waals surface area contributed by atoms with E-state index >= 15 is 0 Å². The Morgan fingerprint density at radius 3 is 2.84 bits per heavy atom. The fourth-order valence-electron chi connectivity index (χ4n) is 3.10. The molecule has 4 rings (SSSR count). The van der Waals surface area contributed by atoms with Gasteiger partial charge in [0.2, 0.25) is 0 Å². The zero-order chi connectivity index (χ0) is 17.3. The standard InChI is InChI=1S/C19H17Cl2N3S/c20-14-4-1-3-13(11-14)12-22-18-19(7-9-25-10-8-19)24-17-15(21)5-2-6-16(17)23-18/h1-7,9,11,24H,8,10,12H2,(H,22,23). The van der Waals surface area contributed by atoms with Gasteiger partial charge in [-0.25, -0.2) is 0 Å². The molecule has 25 heavy (non-hydrogen) atoms. The number of rotatable bonds is 2. The van der Waals surface area contributed by atoms with Gasteiger partial charge in [0.1, 0.15) is 11.4 Å². The zero-order valence-electron chi connectivity index (χ0n) is 13.4. The molecule has 6 heteroatoms. The summed E-state index contributed by atoms with van der Waals surface area (Å²) in [5.41, 5.74) is 2.63. The molecule has 0 amide bonds. The summed E-state index contributed by atoms with van der Waals surface area (Å²) in [5, 5.41) is 10.7. The lowest BCUT2D eigenvalue weighted by molar-refractivity contribution is 0.710. The molecule has 0 saturated carbocycles. The second-order valence-corrected chi connectivity index (χ2v) is 7.96. The lowest BCUT2D eigenvalue weighted by Crippen LogP contribution is -2.52. The van der Waals surface area contributed by atoms with E-state index in [1.807, 2.05) is 54.2 Å². The molecule has 1 spiro atoms. The van der Waals surface area contributed by atoms with E-state index in [1.165, 1.54) is 0 Å². The number of fused-ring (bicyclic) bond motifs is 1. The Labute approximate surface area is 161 Å². The highest BCUT2D eigenvalue weighted by molar-refractivity contribution is 8.02. The third kappa shape index (κ3) is 3.39. The van der Waals surface area contributed by atoms with Crippen LogP contribution >= 0.6 is 35.0 Å². The Morgan fingerprint density at radius 2 is 2.04 bits per heavy atom. The molecule has 2 aliphatic heterocycles. The van der Waals surface area contributed by atoms with Gasteiger partial charge in [0, 0.05) is 10.8 Å². The monoisotopic (exact) mass is 389 g/mol. The number of hydrogen-bond donors (Lipinski definition) is 2. The largest absolute Gasteiger partial charge is 0.367 e. The van der Waals surface area contributed by atoms with Crippen molar-refractivity contribution in [2.24, 2.45) is 4.99 Å². The average Bonchev–Trinajstić information content (AvgIpc) is 2.62. The van der Waals surface area contributed by atoms with Crippen LogP contribution in [0.2, 0.25) is 10.0 Å². The first-order valence-electron chi connectivity index (χ1n) is 8.09. The van der Waals surface area contributed by atoms with Gasteiger partial charge in [-0.3, -0.25) is 4.99 Å². The van der Waals surface area contributed by atoms with Crippen molar-refractivity contribution < 1.29 is 0 Å². The van der Waals surface area contributed by atoms with Crippen molar-refractivity contribution in [2.45, 2.75) is 18.5 Å². The van der Waals surface area contributed by atoms with E-state index in [1.54, 1.807) is 0 Å². The van der Waals surface area contributed by atoms with Gasteiger partial charge in [-0.1, -0.05) is 41.4 Å². The molecular weight excluding hydrogens is 373 g/mol. The highest BCUT2D eigenvalue weighted by Crippen LogP contribution is 2.40. The number of amidine groups is 1. The number of benzene rings is 2. The second kappa shape index (κ2) is 6.94. The van der Waals surface area contributed by atoms with E-state index in [-0.39, 0.29) is 5.54 Å². The third-order valence-electron chi connectivity index (χ3n) is 4.41. The molecule has 128 valence electrons. The Bertz CT molecular complexity index is 865. The molecule has 0 aliphatic carbocycles. The van der Waals surface area contributed by atoms with Gasteiger partial charge in [0.15, 0.2) is 0 Å². The summed E-state index contributed by atoms with van der Waals surface area (Å²) >= 11 is 14.3. The first-order chi connectivity index (χ1) is 12.2. The predicted molar refractivity (Wildman–Crippen MR) is 110 cm³/mol. The smallest absolute Gasteiger partial charge is 0.131 e. The van der Waals surface area contributed by atoms with Crippen LogP contribution in [0.4, 0.5) is 11.4 Å². The predicted octanol–water partition coefficient (Wildman–Crippen LogP) is 5.82. The third-order valence-corrected chi connectivity index (χ3v) is 5.73. The molecule has 0 fully saturated rings. The van der Waals surface area contributed by atoms with Crippen LogP contribution in [0.15, 0.2) is 58.9 Å². The Balaban J connectivity index is 1.72. The van der Waals surface area contributed by atoms with Crippen molar-refractivity contribution in [1.82, 2.24) is 0 Å². The number of anilines is 2. The van der Waals surface area contributed by atoms with Crippen molar-refractivity contribution in [3.05, 3.63) is 69.6 Å². The van der Waals surface area contributed by atoms with Gasteiger partial charge in [-0.15, -0.1) is 11.8 Å². The molecule has 2 aliphatic rings. The van der Waals surface area contributed by atoms with Gasteiger partial charge in [-0.05, 0) is 47.7 Å². The van der Waals surface area contributed by atoms with Crippen LogP contribution in [0.1, 0.15) is 12.0 Å². The Kier molecular flexibility index (Phi) is 4.67. The quantitative estimate of drug-likeness (QED) is 0.679. The number of halogens is 2. The number of nitrogens with zero attached hydrogens (tertiary/aromatic N) is 1. The minimum absolute atomic E-state index is 0.345. The summed E-state index contributed by atoms with van der Waals surface area (Å²) in [5.74, 6) is 1.94. The maximum absolute atomic E-state index is 6.40. The van der Waals surface area contributed by atoms with Gasteiger partial charge in [0.25, 0.3) is 0 Å². The lowest BCUT2D eigenvalue weighted by Gasteiger charge is -2.41. The molecule has 0 radical (unpaired) electrons. The Morgan fingerprint density at radius 1 is 1.16 bits per heavy atom. The van der Waals surface area contributed by atoms with Crippen LogP contribution in [0.5, 0.6) is 0 Å². The Hall–Kier alpha value is -1.62. The number of para-hydroxylation sites is 1. The van der Waals surface area contributed by atoms with Gasteiger partial charge < -0.3 is 10.6 Å². The van der Waals surface area contributed by atoms with E-state index in [0.717, 1.165) is 40.0 Å². The van der Waals surface area contributed by atoms with Crippen LogP contribution in [0, 0.1) is 0 Å². The number of hydrogen-bond acceptors (Lipinski definition) is 3. The van der Waals surface area contributed by atoms with Crippen LogP contribution in [-0.4, -0.2) is 17.1 Å². The summed E-state index contributed by atoms with van der Waals surface area (Å²) in [4.78, 5) is 4.88. The highest BCUT2D eigenvalue weighted by Gasteiger charge is 2.39. The fraction of sp³-hybridized carbons (Fsp3) is 0.211. The summed E-state index contributed by atoms with van der Waals surface area (Å²) < 4.78 is 0. The molecular formula is C19H17Cl2N3S. The summed E-state index contributed by atoms with van der Waals surface area (Å²) in [6.07, 6.45) is 3.12. The van der Waals surface area contributed by atoms with Crippen LogP contribution < -0.4 is 10.6 Å². The normalized spacial score (nSPS) is 23.2. The van der Waals surface area contributed by atoms with Crippen LogP contribution in [0.3, 0.4) is 0 Å². The minimum atomic E-state index is -0.345. The average molecular weight is 390 g/mol. The van der Waals surface area contributed by atoms with Crippen molar-refractivity contribution in [1.29, 1.82) is 0 Å². The number of thioether (sulfide) groups is 1. The first kappa shape index (κ1) is 16.8. The molecule has 0 bridgehead atoms. The molecule has 3 nitrogen and oxygen atoms in total. The van der Waals surface area contributed by atoms with Crippen LogP contribution in [-0.2, 0) is 6.54 Å². The molecule has 2 N–H and O–H groups in total. The van der Waals surface area contributed by atoms with Crippen LogP contribution in [0.25, 0.3) is 0 Å². The molecule has 2 aromatic carbocycles. The molecule has 2 heterocycles. The van der Waals surface area contributed by atoms with E-state index in [0.29, 0.717) is 11.6 Å². The van der Waals surface area contributed by atoms with E-state index in [9.17, 15) is 0 Å². The second-order valence-electron chi connectivity index (χ2n) is 6.10. The number of nitrogens with one attached hydrogen (secondary N) is 2.